The number of imide groups is 1. The second kappa shape index (κ2) is 9.77. The molecule has 2 heterocycles. The number of nitrogens with one attached hydrogen (secondary N) is 2. The first-order chi connectivity index (χ1) is 14.3. The first-order valence-corrected chi connectivity index (χ1v) is 10.4. The zero-order valence-corrected chi connectivity index (χ0v) is 17.4. The van der Waals surface area contributed by atoms with Crippen molar-refractivity contribution >= 4 is 23.8 Å². The second-order valence-electron chi connectivity index (χ2n) is 8.20. The SMILES string of the molecule is C[C@@H]1[C@H](C)CCC[C@@H]1N1C[C@H](C(=O)OCC(=O)NC(=O)NCc2ccco2)CC1=O. The smallest absolute Gasteiger partial charge is 0.321 e. The molecular formula is C21H29N3O6. The van der Waals surface area contributed by atoms with Crippen molar-refractivity contribution in [1.29, 1.82) is 0 Å². The number of furan rings is 1. The summed E-state index contributed by atoms with van der Waals surface area (Å²) in [5, 5.41) is 4.54. The van der Waals surface area contributed by atoms with Crippen molar-refractivity contribution in [1.82, 2.24) is 15.5 Å². The predicted molar refractivity (Wildman–Crippen MR) is 106 cm³/mol. The molecule has 4 amide bonds. The van der Waals surface area contributed by atoms with Crippen LogP contribution in [0.15, 0.2) is 22.8 Å². The highest BCUT2D eigenvalue weighted by Crippen LogP contribution is 2.35. The van der Waals surface area contributed by atoms with E-state index in [0.29, 0.717) is 24.1 Å². The average molecular weight is 419 g/mol. The molecule has 2 aliphatic rings. The first-order valence-electron chi connectivity index (χ1n) is 10.4. The molecule has 0 bridgehead atoms. The van der Waals surface area contributed by atoms with E-state index in [4.69, 9.17) is 9.15 Å². The molecule has 1 saturated carbocycles. The highest BCUT2D eigenvalue weighted by atomic mass is 16.5. The molecule has 164 valence electrons. The quantitative estimate of drug-likeness (QED) is 0.679. The van der Waals surface area contributed by atoms with Crippen molar-refractivity contribution in [3.05, 3.63) is 24.2 Å². The summed E-state index contributed by atoms with van der Waals surface area (Å²) in [6, 6.07) is 2.81. The Kier molecular flexibility index (Phi) is 7.12. The summed E-state index contributed by atoms with van der Waals surface area (Å²) in [7, 11) is 0. The van der Waals surface area contributed by atoms with Gasteiger partial charge in [-0.3, -0.25) is 19.7 Å². The van der Waals surface area contributed by atoms with Gasteiger partial charge in [-0.05, 0) is 30.4 Å². The lowest BCUT2D eigenvalue weighted by atomic mass is 9.77. The third-order valence-electron chi connectivity index (χ3n) is 6.16. The number of ether oxygens (including phenoxy) is 1. The molecule has 9 nitrogen and oxygen atoms in total. The van der Waals surface area contributed by atoms with E-state index < -0.39 is 30.4 Å². The number of likely N-dealkylation sites (tertiary alicyclic amines) is 1. The van der Waals surface area contributed by atoms with Crippen LogP contribution in [0.1, 0.15) is 45.3 Å². The van der Waals surface area contributed by atoms with Crippen molar-refractivity contribution in [3.63, 3.8) is 0 Å². The lowest BCUT2D eigenvalue weighted by Crippen LogP contribution is -2.45. The van der Waals surface area contributed by atoms with Gasteiger partial charge in [-0.15, -0.1) is 0 Å². The van der Waals surface area contributed by atoms with Crippen molar-refractivity contribution in [2.45, 2.75) is 52.1 Å². The summed E-state index contributed by atoms with van der Waals surface area (Å²) in [6.07, 6.45) is 4.77. The number of hydrogen-bond acceptors (Lipinski definition) is 6. The molecule has 1 aromatic rings. The number of carbonyl (C=O) groups is 4. The van der Waals surface area contributed by atoms with Crippen LogP contribution in [0.3, 0.4) is 0 Å². The highest BCUT2D eigenvalue weighted by molar-refractivity contribution is 5.96. The van der Waals surface area contributed by atoms with E-state index in [1.165, 1.54) is 6.26 Å². The molecule has 0 spiro atoms. The summed E-state index contributed by atoms with van der Waals surface area (Å²) < 4.78 is 10.1. The van der Waals surface area contributed by atoms with Crippen LogP contribution in [0, 0.1) is 17.8 Å². The van der Waals surface area contributed by atoms with Crippen molar-refractivity contribution in [2.24, 2.45) is 17.8 Å². The maximum absolute atomic E-state index is 12.5. The molecule has 0 radical (unpaired) electrons. The first kappa shape index (κ1) is 21.9. The topological polar surface area (TPSA) is 118 Å². The molecule has 2 fully saturated rings. The van der Waals surface area contributed by atoms with Crippen LogP contribution in [-0.4, -0.2) is 47.9 Å². The number of urea groups is 1. The fraction of sp³-hybridized carbons (Fsp3) is 0.619. The molecule has 2 N–H and O–H groups in total. The van der Waals surface area contributed by atoms with Gasteiger partial charge in [0.25, 0.3) is 5.91 Å². The molecule has 4 atom stereocenters. The fourth-order valence-corrected chi connectivity index (χ4v) is 4.25. The van der Waals surface area contributed by atoms with Gasteiger partial charge in [0.05, 0.1) is 18.7 Å². The molecule has 0 unspecified atom stereocenters. The number of rotatable bonds is 6. The maximum Gasteiger partial charge on any atom is 0.321 e. The molecule has 1 aromatic heterocycles. The average Bonchev–Trinajstić information content (AvgIpc) is 3.36. The highest BCUT2D eigenvalue weighted by Gasteiger charge is 2.42. The third-order valence-corrected chi connectivity index (χ3v) is 6.16. The van der Waals surface area contributed by atoms with Crippen molar-refractivity contribution in [3.8, 4) is 0 Å². The van der Waals surface area contributed by atoms with Gasteiger partial charge in [0.15, 0.2) is 6.61 Å². The Hall–Kier alpha value is -2.84. The van der Waals surface area contributed by atoms with Crippen LogP contribution < -0.4 is 10.6 Å². The minimum atomic E-state index is -0.740. The Morgan fingerprint density at radius 3 is 2.80 bits per heavy atom. The van der Waals surface area contributed by atoms with E-state index in [0.717, 1.165) is 19.3 Å². The number of hydrogen-bond donors (Lipinski definition) is 2. The lowest BCUT2D eigenvalue weighted by Gasteiger charge is -2.39. The molecule has 1 saturated heterocycles. The van der Waals surface area contributed by atoms with Gasteiger partial charge in [0.1, 0.15) is 5.76 Å². The van der Waals surface area contributed by atoms with E-state index in [1.54, 1.807) is 12.1 Å². The Balaban J connectivity index is 1.40. The Morgan fingerprint density at radius 1 is 1.27 bits per heavy atom. The van der Waals surface area contributed by atoms with Crippen LogP contribution >= 0.6 is 0 Å². The molecule has 30 heavy (non-hydrogen) atoms. The van der Waals surface area contributed by atoms with Crippen LogP contribution in [0.5, 0.6) is 0 Å². The Bertz CT molecular complexity index is 778. The van der Waals surface area contributed by atoms with Crippen LogP contribution in [0.25, 0.3) is 0 Å². The number of esters is 1. The molecular weight excluding hydrogens is 390 g/mol. The van der Waals surface area contributed by atoms with Crippen molar-refractivity contribution < 1.29 is 28.3 Å². The number of amides is 4. The number of nitrogens with zero attached hydrogens (tertiary/aromatic N) is 1. The van der Waals surface area contributed by atoms with Crippen molar-refractivity contribution in [2.75, 3.05) is 13.2 Å². The third kappa shape index (κ3) is 5.40. The predicted octanol–water partition coefficient (Wildman–Crippen LogP) is 1.82. The Labute approximate surface area is 175 Å². The molecule has 9 heteroatoms. The molecule has 1 aliphatic carbocycles. The van der Waals surface area contributed by atoms with E-state index in [1.807, 2.05) is 4.90 Å². The summed E-state index contributed by atoms with van der Waals surface area (Å²) in [5.41, 5.74) is 0. The lowest BCUT2D eigenvalue weighted by molar-refractivity contribution is -0.152. The van der Waals surface area contributed by atoms with Gasteiger partial charge >= 0.3 is 12.0 Å². The van der Waals surface area contributed by atoms with E-state index in [2.05, 4.69) is 24.5 Å². The minimum absolute atomic E-state index is 0.0374. The van der Waals surface area contributed by atoms with Crippen LogP contribution in [0.4, 0.5) is 4.79 Å². The standard InChI is InChI=1S/C21H29N3O6/c1-13-5-3-7-17(14(13)2)24-11-15(9-19(24)26)20(27)30-12-18(25)23-21(28)22-10-16-6-4-8-29-16/h4,6,8,13-15,17H,3,5,7,9-12H2,1-2H3,(H2,22,23,25,28)/t13-,14-,15-,17+/m1/s1. The van der Waals surface area contributed by atoms with Gasteiger partial charge < -0.3 is 19.4 Å². The van der Waals surface area contributed by atoms with E-state index in [9.17, 15) is 19.2 Å². The van der Waals surface area contributed by atoms with Gasteiger partial charge in [-0.25, -0.2) is 4.79 Å². The molecule has 1 aliphatic heterocycles. The van der Waals surface area contributed by atoms with Gasteiger partial charge in [0, 0.05) is 19.0 Å². The van der Waals surface area contributed by atoms with Crippen LogP contribution in [0.2, 0.25) is 0 Å². The monoisotopic (exact) mass is 419 g/mol. The Morgan fingerprint density at radius 2 is 2.07 bits per heavy atom. The summed E-state index contributed by atoms with van der Waals surface area (Å²) in [4.78, 5) is 50.2. The normalized spacial score (nSPS) is 26.3. The largest absolute Gasteiger partial charge is 0.467 e. The summed E-state index contributed by atoms with van der Waals surface area (Å²) in [6.45, 7) is 4.24. The van der Waals surface area contributed by atoms with Gasteiger partial charge in [-0.2, -0.15) is 0 Å². The molecule has 3 rings (SSSR count). The zero-order chi connectivity index (χ0) is 21.7. The maximum atomic E-state index is 12.5. The second-order valence-corrected chi connectivity index (χ2v) is 8.20. The van der Waals surface area contributed by atoms with Gasteiger partial charge in [-0.1, -0.05) is 26.7 Å². The van der Waals surface area contributed by atoms with E-state index >= 15 is 0 Å². The zero-order valence-electron chi connectivity index (χ0n) is 17.4. The van der Waals surface area contributed by atoms with E-state index in [-0.39, 0.29) is 24.9 Å². The van der Waals surface area contributed by atoms with Gasteiger partial charge in [0.2, 0.25) is 5.91 Å². The van der Waals surface area contributed by atoms with Crippen LogP contribution in [-0.2, 0) is 25.7 Å². The number of carbonyl (C=O) groups excluding carboxylic acids is 4. The molecule has 0 aromatic carbocycles. The summed E-state index contributed by atoms with van der Waals surface area (Å²) >= 11 is 0. The summed E-state index contributed by atoms with van der Waals surface area (Å²) in [5.74, 6) is -0.467. The fourth-order valence-electron chi connectivity index (χ4n) is 4.25. The minimum Gasteiger partial charge on any atom is -0.467 e.